The third kappa shape index (κ3) is 3.24. The van der Waals surface area contributed by atoms with Gasteiger partial charge in [0, 0.05) is 11.1 Å². The molecule has 0 saturated heterocycles. The fraction of sp³-hybridized carbons (Fsp3) is 0.350. The number of halogens is 2. The average molecular weight is 348 g/mol. The predicted molar refractivity (Wildman–Crippen MR) is 97.6 cm³/mol. The molecule has 0 amide bonds. The van der Waals surface area contributed by atoms with Gasteiger partial charge < -0.3 is 4.90 Å². The number of carbonyl (C=O) groups excluding carboxylic acids is 1. The molecule has 0 bridgehead atoms. The molecule has 2 aromatic carbocycles. The Labute approximate surface area is 149 Å². The Hall–Kier alpha value is -1.71. The third-order valence-electron chi connectivity index (χ3n) is 4.89. The lowest BCUT2D eigenvalue weighted by molar-refractivity contribution is 0.0836. The number of aryl methyl sites for hydroxylation is 1. The minimum Gasteiger partial charge on any atom is -0.309 e. The molecule has 3 rings (SSSR count). The number of carbonyl (C=O) groups is 1. The van der Waals surface area contributed by atoms with Crippen LogP contribution in [0.2, 0.25) is 0 Å². The molecular formula is C20H23ClFNO. The van der Waals surface area contributed by atoms with Crippen molar-refractivity contribution in [3.8, 4) is 0 Å². The van der Waals surface area contributed by atoms with Crippen molar-refractivity contribution in [3.63, 3.8) is 0 Å². The zero-order valence-corrected chi connectivity index (χ0v) is 14.9. The minimum absolute atomic E-state index is 0. The maximum Gasteiger partial charge on any atom is 0.173 e. The largest absolute Gasteiger partial charge is 0.309 e. The van der Waals surface area contributed by atoms with Gasteiger partial charge in [-0.25, -0.2) is 4.39 Å². The van der Waals surface area contributed by atoms with Crippen molar-refractivity contribution >= 4 is 18.2 Å². The summed E-state index contributed by atoms with van der Waals surface area (Å²) in [6.45, 7) is 0.752. The van der Waals surface area contributed by atoms with Crippen LogP contribution in [-0.4, -0.2) is 31.3 Å². The van der Waals surface area contributed by atoms with Crippen LogP contribution in [0.15, 0.2) is 48.5 Å². The van der Waals surface area contributed by atoms with E-state index in [9.17, 15) is 9.18 Å². The molecule has 0 heterocycles. The SMILES string of the molecule is CN(C)CCC1(c2ccccc2F)CCc2ccccc2C1=O.Cl. The number of benzene rings is 2. The minimum atomic E-state index is -0.760. The van der Waals surface area contributed by atoms with Crippen molar-refractivity contribution < 1.29 is 9.18 Å². The number of nitrogens with zero attached hydrogens (tertiary/aromatic N) is 1. The molecule has 0 aromatic heterocycles. The molecule has 1 aliphatic carbocycles. The van der Waals surface area contributed by atoms with Crippen LogP contribution in [0.4, 0.5) is 4.39 Å². The van der Waals surface area contributed by atoms with Crippen LogP contribution in [0.5, 0.6) is 0 Å². The van der Waals surface area contributed by atoms with Crippen molar-refractivity contribution in [2.75, 3.05) is 20.6 Å². The Morgan fingerprint density at radius 2 is 1.75 bits per heavy atom. The summed E-state index contributed by atoms with van der Waals surface area (Å²) in [7, 11) is 3.96. The third-order valence-corrected chi connectivity index (χ3v) is 4.89. The highest BCUT2D eigenvalue weighted by Crippen LogP contribution is 2.42. The Balaban J connectivity index is 0.00000208. The van der Waals surface area contributed by atoms with Crippen LogP contribution in [0.25, 0.3) is 0 Å². The van der Waals surface area contributed by atoms with E-state index in [2.05, 4.69) is 4.90 Å². The number of hydrogen-bond acceptors (Lipinski definition) is 2. The molecule has 0 N–H and O–H groups in total. The topological polar surface area (TPSA) is 20.3 Å². The molecule has 2 nitrogen and oxygen atoms in total. The van der Waals surface area contributed by atoms with Crippen LogP contribution >= 0.6 is 12.4 Å². The first-order valence-corrected chi connectivity index (χ1v) is 8.07. The molecule has 0 saturated carbocycles. The highest BCUT2D eigenvalue weighted by Gasteiger charge is 2.44. The molecular weight excluding hydrogens is 325 g/mol. The highest BCUT2D eigenvalue weighted by atomic mass is 35.5. The molecule has 1 unspecified atom stereocenters. The van der Waals surface area contributed by atoms with Gasteiger partial charge in [0.2, 0.25) is 0 Å². The molecule has 0 aliphatic heterocycles. The van der Waals surface area contributed by atoms with E-state index in [-0.39, 0.29) is 24.0 Å². The van der Waals surface area contributed by atoms with E-state index in [0.717, 1.165) is 24.1 Å². The maximum absolute atomic E-state index is 14.5. The van der Waals surface area contributed by atoms with Gasteiger partial charge >= 0.3 is 0 Å². The summed E-state index contributed by atoms with van der Waals surface area (Å²) in [4.78, 5) is 15.4. The maximum atomic E-state index is 14.5. The van der Waals surface area contributed by atoms with E-state index in [1.165, 1.54) is 6.07 Å². The van der Waals surface area contributed by atoms with Crippen molar-refractivity contribution in [1.82, 2.24) is 4.90 Å². The number of hydrogen-bond donors (Lipinski definition) is 0. The molecule has 1 atom stereocenters. The second-order valence-corrected chi connectivity index (χ2v) is 6.60. The summed E-state index contributed by atoms with van der Waals surface area (Å²) in [6.07, 6.45) is 2.11. The predicted octanol–water partition coefficient (Wildman–Crippen LogP) is 4.27. The van der Waals surface area contributed by atoms with Gasteiger partial charge in [-0.1, -0.05) is 42.5 Å². The fourth-order valence-corrected chi connectivity index (χ4v) is 3.57. The Morgan fingerprint density at radius 3 is 2.46 bits per heavy atom. The lowest BCUT2D eigenvalue weighted by Crippen LogP contribution is -2.43. The Kier molecular flexibility index (Phi) is 5.79. The summed E-state index contributed by atoms with van der Waals surface area (Å²) in [5, 5.41) is 0. The summed E-state index contributed by atoms with van der Waals surface area (Å²) < 4.78 is 14.5. The molecule has 4 heteroatoms. The van der Waals surface area contributed by atoms with Gasteiger partial charge in [-0.3, -0.25) is 4.79 Å². The van der Waals surface area contributed by atoms with E-state index in [1.54, 1.807) is 12.1 Å². The zero-order chi connectivity index (χ0) is 16.4. The van der Waals surface area contributed by atoms with Crippen LogP contribution in [0.1, 0.15) is 34.3 Å². The number of ketones is 1. The van der Waals surface area contributed by atoms with Gasteiger partial charge in [-0.05, 0) is 51.5 Å². The fourth-order valence-electron chi connectivity index (χ4n) is 3.57. The number of rotatable bonds is 4. The molecule has 128 valence electrons. The molecule has 0 radical (unpaired) electrons. The van der Waals surface area contributed by atoms with Crippen molar-refractivity contribution in [2.24, 2.45) is 0 Å². The summed E-state index contributed by atoms with van der Waals surface area (Å²) >= 11 is 0. The van der Waals surface area contributed by atoms with Crippen molar-refractivity contribution in [1.29, 1.82) is 0 Å². The quantitative estimate of drug-likeness (QED) is 0.823. The van der Waals surface area contributed by atoms with Gasteiger partial charge in [-0.15, -0.1) is 12.4 Å². The smallest absolute Gasteiger partial charge is 0.173 e. The Morgan fingerprint density at radius 1 is 1.08 bits per heavy atom. The zero-order valence-electron chi connectivity index (χ0n) is 14.1. The first-order valence-electron chi connectivity index (χ1n) is 8.07. The van der Waals surface area contributed by atoms with Gasteiger partial charge in [0.15, 0.2) is 5.78 Å². The van der Waals surface area contributed by atoms with E-state index >= 15 is 0 Å². The molecule has 2 aromatic rings. The van der Waals surface area contributed by atoms with Gasteiger partial charge in [0.1, 0.15) is 5.82 Å². The van der Waals surface area contributed by atoms with Crippen molar-refractivity contribution in [3.05, 3.63) is 71.0 Å². The second kappa shape index (κ2) is 7.45. The van der Waals surface area contributed by atoms with E-state index in [4.69, 9.17) is 0 Å². The molecule has 0 spiro atoms. The van der Waals surface area contributed by atoms with Crippen LogP contribution < -0.4 is 0 Å². The Bertz CT molecular complexity index is 731. The standard InChI is InChI=1S/C20H22FNO.ClH/c1-22(2)14-13-20(17-9-5-6-10-18(17)21)12-11-15-7-3-4-8-16(15)19(20)23;/h3-10H,11-14H2,1-2H3;1H. The molecule has 0 fully saturated rings. The van der Waals surface area contributed by atoms with Crippen LogP contribution in [0, 0.1) is 5.82 Å². The molecule has 1 aliphatic rings. The normalized spacial score (nSPS) is 19.8. The molecule has 24 heavy (non-hydrogen) atoms. The summed E-state index contributed by atoms with van der Waals surface area (Å²) in [6, 6.07) is 14.5. The summed E-state index contributed by atoms with van der Waals surface area (Å²) in [5.74, 6) is -0.217. The van der Waals surface area contributed by atoms with Gasteiger partial charge in [0.05, 0.1) is 5.41 Å². The number of fused-ring (bicyclic) bond motifs is 1. The number of Topliss-reactive ketones (excluding diaryl/α,β-unsaturated/α-hetero) is 1. The average Bonchev–Trinajstić information content (AvgIpc) is 2.55. The van der Waals surface area contributed by atoms with E-state index < -0.39 is 5.41 Å². The van der Waals surface area contributed by atoms with E-state index in [1.807, 2.05) is 44.4 Å². The van der Waals surface area contributed by atoms with Crippen LogP contribution in [0.3, 0.4) is 0 Å². The highest BCUT2D eigenvalue weighted by molar-refractivity contribution is 6.06. The summed E-state index contributed by atoms with van der Waals surface area (Å²) in [5.41, 5.74) is 1.61. The lowest BCUT2D eigenvalue weighted by atomic mass is 9.64. The van der Waals surface area contributed by atoms with Crippen LogP contribution in [-0.2, 0) is 11.8 Å². The van der Waals surface area contributed by atoms with E-state index in [0.29, 0.717) is 18.4 Å². The lowest BCUT2D eigenvalue weighted by Gasteiger charge is -2.38. The van der Waals surface area contributed by atoms with Gasteiger partial charge in [0.25, 0.3) is 0 Å². The second-order valence-electron chi connectivity index (χ2n) is 6.60. The van der Waals surface area contributed by atoms with Gasteiger partial charge in [-0.2, -0.15) is 0 Å². The first-order chi connectivity index (χ1) is 11.0. The van der Waals surface area contributed by atoms with Crippen molar-refractivity contribution in [2.45, 2.75) is 24.7 Å². The monoisotopic (exact) mass is 347 g/mol. The first kappa shape index (κ1) is 18.6.